The third kappa shape index (κ3) is 4.63. The number of carbonyl (C=O) groups excluding carboxylic acids is 1. The Morgan fingerprint density at radius 2 is 1.71 bits per heavy atom. The number of carbonyl (C=O) groups is 2. The normalized spacial score (nSPS) is 15.9. The second-order valence-corrected chi connectivity index (χ2v) is 7.16. The van der Waals surface area contributed by atoms with Crippen LogP contribution >= 0.6 is 0 Å². The molecule has 6 nitrogen and oxygen atoms in total. The quantitative estimate of drug-likeness (QED) is 0.919. The summed E-state index contributed by atoms with van der Waals surface area (Å²) in [6.45, 7) is 7.24. The summed E-state index contributed by atoms with van der Waals surface area (Å²) in [5.74, 6) is -0.917. The average molecular weight is 334 g/mol. The maximum absolute atomic E-state index is 12.1. The van der Waals surface area contributed by atoms with Crippen molar-refractivity contribution in [2.75, 3.05) is 25.0 Å². The van der Waals surface area contributed by atoms with E-state index in [1.54, 1.807) is 24.1 Å². The Bertz CT molecular complexity index is 584. The molecule has 1 fully saturated rings. The number of hydrogen-bond donors (Lipinski definition) is 1. The summed E-state index contributed by atoms with van der Waals surface area (Å²) in [7, 11) is 1.79. The molecule has 1 heterocycles. The molecule has 0 unspecified atom stereocenters. The van der Waals surface area contributed by atoms with Gasteiger partial charge in [0.25, 0.3) is 0 Å². The van der Waals surface area contributed by atoms with Gasteiger partial charge in [-0.1, -0.05) is 0 Å². The number of benzene rings is 1. The molecular weight excluding hydrogens is 308 g/mol. The van der Waals surface area contributed by atoms with E-state index >= 15 is 0 Å². The highest BCUT2D eigenvalue weighted by atomic mass is 16.6. The van der Waals surface area contributed by atoms with Crippen molar-refractivity contribution in [3.8, 4) is 0 Å². The van der Waals surface area contributed by atoms with Gasteiger partial charge in [0.05, 0.1) is 5.56 Å². The van der Waals surface area contributed by atoms with Crippen LogP contribution in [0.2, 0.25) is 0 Å². The molecule has 1 saturated heterocycles. The largest absolute Gasteiger partial charge is 0.478 e. The number of carboxylic acids is 1. The van der Waals surface area contributed by atoms with E-state index in [1.165, 1.54) is 0 Å². The fraction of sp³-hybridized carbons (Fsp3) is 0.556. The summed E-state index contributed by atoms with van der Waals surface area (Å²) in [6, 6.07) is 7.07. The predicted molar refractivity (Wildman–Crippen MR) is 92.6 cm³/mol. The number of rotatable bonds is 3. The first-order valence-corrected chi connectivity index (χ1v) is 8.21. The van der Waals surface area contributed by atoms with E-state index in [0.717, 1.165) is 31.6 Å². The van der Waals surface area contributed by atoms with Gasteiger partial charge in [0.2, 0.25) is 0 Å². The van der Waals surface area contributed by atoms with Gasteiger partial charge in [-0.05, 0) is 57.9 Å². The van der Waals surface area contributed by atoms with Crippen molar-refractivity contribution in [3.63, 3.8) is 0 Å². The summed E-state index contributed by atoms with van der Waals surface area (Å²) in [5, 5.41) is 8.95. The summed E-state index contributed by atoms with van der Waals surface area (Å²) < 4.78 is 5.42. The van der Waals surface area contributed by atoms with E-state index in [-0.39, 0.29) is 12.1 Å². The number of carboxylic acid groups (broad SMARTS) is 1. The molecule has 132 valence electrons. The first-order chi connectivity index (χ1) is 11.2. The highest BCUT2D eigenvalue weighted by Gasteiger charge is 2.28. The van der Waals surface area contributed by atoms with Gasteiger partial charge in [-0.3, -0.25) is 0 Å². The summed E-state index contributed by atoms with van der Waals surface area (Å²) >= 11 is 0. The molecule has 0 bridgehead atoms. The standard InChI is InChI=1S/C18H26N2O4/c1-18(2,3)24-17(23)19(4)14-9-11-20(12-10-14)15-7-5-13(6-8-15)16(21)22/h5-8,14H,9-12H2,1-4H3,(H,21,22). The van der Waals surface area contributed by atoms with Crippen molar-refractivity contribution in [1.82, 2.24) is 4.90 Å². The monoisotopic (exact) mass is 334 g/mol. The van der Waals surface area contributed by atoms with Crippen molar-refractivity contribution in [3.05, 3.63) is 29.8 Å². The summed E-state index contributed by atoms with van der Waals surface area (Å²) in [6.07, 6.45) is 1.43. The molecule has 0 spiro atoms. The Kier molecular flexibility index (Phi) is 5.36. The number of aromatic carboxylic acids is 1. The van der Waals surface area contributed by atoms with Crippen molar-refractivity contribution >= 4 is 17.7 Å². The molecule has 1 aliphatic rings. The highest BCUT2D eigenvalue weighted by Crippen LogP contribution is 2.23. The number of hydrogen-bond acceptors (Lipinski definition) is 4. The maximum Gasteiger partial charge on any atom is 0.410 e. The van der Waals surface area contributed by atoms with Crippen LogP contribution in [-0.4, -0.2) is 53.8 Å². The molecular formula is C18H26N2O4. The van der Waals surface area contributed by atoms with E-state index in [4.69, 9.17) is 9.84 Å². The van der Waals surface area contributed by atoms with Crippen LogP contribution in [0.3, 0.4) is 0 Å². The Morgan fingerprint density at radius 3 is 2.17 bits per heavy atom. The molecule has 1 aliphatic heterocycles. The number of amides is 1. The average Bonchev–Trinajstić information content (AvgIpc) is 2.53. The molecule has 6 heteroatoms. The Balaban J connectivity index is 1.91. The van der Waals surface area contributed by atoms with Gasteiger partial charge in [0, 0.05) is 31.9 Å². The predicted octanol–water partition coefficient (Wildman–Crippen LogP) is 3.22. The zero-order chi connectivity index (χ0) is 17.9. The van der Waals surface area contributed by atoms with Crippen LogP contribution in [0.15, 0.2) is 24.3 Å². The van der Waals surface area contributed by atoms with Gasteiger partial charge in [-0.25, -0.2) is 9.59 Å². The van der Waals surface area contributed by atoms with Gasteiger partial charge in [0.15, 0.2) is 0 Å². The van der Waals surface area contributed by atoms with E-state index in [1.807, 2.05) is 32.9 Å². The van der Waals surface area contributed by atoms with Crippen LogP contribution in [0.1, 0.15) is 44.0 Å². The molecule has 1 amide bonds. The fourth-order valence-corrected chi connectivity index (χ4v) is 2.81. The van der Waals surface area contributed by atoms with Crippen LogP contribution in [0.4, 0.5) is 10.5 Å². The van der Waals surface area contributed by atoms with Crippen LogP contribution in [0.25, 0.3) is 0 Å². The van der Waals surface area contributed by atoms with Crippen molar-refractivity contribution in [2.45, 2.75) is 45.3 Å². The van der Waals surface area contributed by atoms with Gasteiger partial charge in [0.1, 0.15) is 5.60 Å². The van der Waals surface area contributed by atoms with E-state index in [9.17, 15) is 9.59 Å². The third-order valence-corrected chi connectivity index (χ3v) is 4.17. The minimum absolute atomic E-state index is 0.161. The van der Waals surface area contributed by atoms with Gasteiger partial charge in [-0.15, -0.1) is 0 Å². The number of anilines is 1. The second kappa shape index (κ2) is 7.11. The second-order valence-electron chi connectivity index (χ2n) is 7.16. The molecule has 24 heavy (non-hydrogen) atoms. The van der Waals surface area contributed by atoms with Gasteiger partial charge in [-0.2, -0.15) is 0 Å². The highest BCUT2D eigenvalue weighted by molar-refractivity contribution is 5.88. The Morgan fingerprint density at radius 1 is 1.17 bits per heavy atom. The molecule has 1 aromatic rings. The molecule has 1 aromatic carbocycles. The lowest BCUT2D eigenvalue weighted by molar-refractivity contribution is 0.0200. The zero-order valence-corrected chi connectivity index (χ0v) is 14.8. The van der Waals surface area contributed by atoms with E-state index < -0.39 is 11.6 Å². The van der Waals surface area contributed by atoms with Crippen LogP contribution in [0.5, 0.6) is 0 Å². The Labute approximate surface area is 143 Å². The topological polar surface area (TPSA) is 70.1 Å². The van der Waals surface area contributed by atoms with Crippen molar-refractivity contribution in [1.29, 1.82) is 0 Å². The minimum atomic E-state index is -0.917. The van der Waals surface area contributed by atoms with Crippen LogP contribution < -0.4 is 4.90 Å². The third-order valence-electron chi connectivity index (χ3n) is 4.17. The maximum atomic E-state index is 12.1. The lowest BCUT2D eigenvalue weighted by atomic mass is 10.0. The molecule has 0 saturated carbocycles. The van der Waals surface area contributed by atoms with E-state index in [2.05, 4.69) is 4.90 Å². The SMILES string of the molecule is CN(C(=O)OC(C)(C)C)C1CCN(c2ccc(C(=O)O)cc2)CC1. The molecule has 0 atom stereocenters. The molecule has 0 radical (unpaired) electrons. The van der Waals surface area contributed by atoms with Gasteiger partial charge < -0.3 is 19.6 Å². The first-order valence-electron chi connectivity index (χ1n) is 8.21. The fourth-order valence-electron chi connectivity index (χ4n) is 2.81. The van der Waals surface area contributed by atoms with Gasteiger partial charge >= 0.3 is 12.1 Å². The lowest BCUT2D eigenvalue weighted by Gasteiger charge is -2.38. The van der Waals surface area contributed by atoms with E-state index in [0.29, 0.717) is 5.56 Å². The van der Waals surface area contributed by atoms with Crippen LogP contribution in [-0.2, 0) is 4.74 Å². The molecule has 1 N–H and O–H groups in total. The smallest absolute Gasteiger partial charge is 0.410 e. The molecule has 2 rings (SSSR count). The number of piperidine rings is 1. The molecule has 0 aromatic heterocycles. The number of ether oxygens (including phenoxy) is 1. The summed E-state index contributed by atoms with van der Waals surface area (Å²) in [4.78, 5) is 27.0. The zero-order valence-electron chi connectivity index (χ0n) is 14.8. The molecule has 0 aliphatic carbocycles. The number of nitrogens with zero attached hydrogens (tertiary/aromatic N) is 2. The lowest BCUT2D eigenvalue weighted by Crippen LogP contribution is -2.47. The Hall–Kier alpha value is -2.24. The van der Waals surface area contributed by atoms with Crippen molar-refractivity contribution in [2.24, 2.45) is 0 Å². The minimum Gasteiger partial charge on any atom is -0.478 e. The van der Waals surface area contributed by atoms with Crippen molar-refractivity contribution < 1.29 is 19.4 Å². The van der Waals surface area contributed by atoms with Crippen LogP contribution in [0, 0.1) is 0 Å². The first kappa shape index (κ1) is 18.1. The summed E-state index contributed by atoms with van der Waals surface area (Å²) in [5.41, 5.74) is 0.814.